The van der Waals surface area contributed by atoms with Crippen molar-refractivity contribution in [1.29, 1.82) is 0 Å². The zero-order valence-electron chi connectivity index (χ0n) is 38.4. The van der Waals surface area contributed by atoms with Gasteiger partial charge >= 0.3 is 11.9 Å². The van der Waals surface area contributed by atoms with Gasteiger partial charge in [-0.15, -0.1) is 0 Å². The predicted molar refractivity (Wildman–Crippen MR) is 248 cm³/mol. The molecule has 4 nitrogen and oxygen atoms in total. The van der Waals surface area contributed by atoms with Gasteiger partial charge in [-0.25, -0.2) is 0 Å². The molecular weight excluding hydrogens is 689 g/mol. The lowest BCUT2D eigenvalue weighted by molar-refractivity contribution is -0.138. The van der Waals surface area contributed by atoms with Crippen molar-refractivity contribution in [2.45, 2.75) is 309 Å². The highest BCUT2D eigenvalue weighted by molar-refractivity contribution is 5.66. The Hall–Kier alpha value is -1.32. The van der Waals surface area contributed by atoms with Gasteiger partial charge in [-0.05, 0) is 38.5 Å². The fourth-order valence-corrected chi connectivity index (χ4v) is 7.82. The van der Waals surface area contributed by atoms with Gasteiger partial charge in [0.2, 0.25) is 0 Å². The summed E-state index contributed by atoms with van der Waals surface area (Å²) in [5.74, 6) is -1.30. The first-order valence-corrected chi connectivity index (χ1v) is 25.6. The van der Waals surface area contributed by atoms with Gasteiger partial charge in [0.05, 0.1) is 0 Å². The van der Waals surface area contributed by atoms with E-state index in [1.807, 2.05) is 0 Å². The summed E-state index contributed by atoms with van der Waals surface area (Å²) >= 11 is 0. The lowest BCUT2D eigenvalue weighted by atomic mass is 10.0. The fourth-order valence-electron chi connectivity index (χ4n) is 7.82. The third kappa shape index (κ3) is 59.4. The Bertz CT molecular complexity index is 762. The highest BCUT2D eigenvalue weighted by Gasteiger charge is 1.99. The van der Waals surface area contributed by atoms with Crippen LogP contribution in [0.25, 0.3) is 0 Å². The van der Waals surface area contributed by atoms with E-state index in [-0.39, 0.29) is 0 Å². The fraction of sp³-hybridized carbons (Fsp3) is 0.923. The van der Waals surface area contributed by atoms with Gasteiger partial charge in [0, 0.05) is 12.8 Å². The third-order valence-electron chi connectivity index (χ3n) is 11.6. The molecule has 0 heterocycles. The van der Waals surface area contributed by atoms with Crippen LogP contribution in [0.2, 0.25) is 0 Å². The van der Waals surface area contributed by atoms with E-state index >= 15 is 0 Å². The van der Waals surface area contributed by atoms with Crippen LogP contribution in [0, 0.1) is 0 Å². The maximum absolute atomic E-state index is 10.4. The van der Waals surface area contributed by atoms with E-state index in [9.17, 15) is 9.59 Å². The Morgan fingerprint density at radius 2 is 0.429 bits per heavy atom. The molecule has 0 fully saturated rings. The van der Waals surface area contributed by atoms with Crippen molar-refractivity contribution in [3.8, 4) is 0 Å². The van der Waals surface area contributed by atoms with Crippen molar-refractivity contribution in [2.24, 2.45) is 0 Å². The molecule has 56 heavy (non-hydrogen) atoms. The Morgan fingerprint density at radius 1 is 0.268 bits per heavy atom. The molecule has 0 atom stereocenters. The van der Waals surface area contributed by atoms with E-state index in [2.05, 4.69) is 26.0 Å². The summed E-state index contributed by atoms with van der Waals surface area (Å²) in [5, 5.41) is 17.2. The van der Waals surface area contributed by atoms with Crippen LogP contribution in [0.15, 0.2) is 12.2 Å². The summed E-state index contributed by atoms with van der Waals surface area (Å²) in [7, 11) is 0. The topological polar surface area (TPSA) is 74.6 Å². The van der Waals surface area contributed by atoms with Crippen LogP contribution in [-0.4, -0.2) is 22.2 Å². The third-order valence-corrected chi connectivity index (χ3v) is 11.6. The summed E-state index contributed by atoms with van der Waals surface area (Å²) in [6.07, 6.45) is 65.1. The Labute approximate surface area is 352 Å². The average molecular weight is 791 g/mol. The Morgan fingerprint density at radius 3 is 0.607 bits per heavy atom. The highest BCUT2D eigenvalue weighted by Crippen LogP contribution is 2.17. The number of carbonyl (C=O) groups is 2. The highest BCUT2D eigenvalue weighted by atomic mass is 16.4. The maximum atomic E-state index is 10.4. The summed E-state index contributed by atoms with van der Waals surface area (Å²) in [4.78, 5) is 20.8. The van der Waals surface area contributed by atoms with Crippen molar-refractivity contribution in [1.82, 2.24) is 0 Å². The minimum absolute atomic E-state index is 0.340. The van der Waals surface area contributed by atoms with Gasteiger partial charge in [0.25, 0.3) is 0 Å². The van der Waals surface area contributed by atoms with Crippen LogP contribution in [0.4, 0.5) is 0 Å². The number of carboxylic acids is 2. The number of aliphatic carboxylic acids is 2. The van der Waals surface area contributed by atoms with Crippen molar-refractivity contribution in [2.75, 3.05) is 0 Å². The van der Waals surface area contributed by atoms with Crippen molar-refractivity contribution >= 4 is 11.9 Å². The van der Waals surface area contributed by atoms with Gasteiger partial charge < -0.3 is 10.2 Å². The molecule has 0 bridgehead atoms. The maximum Gasteiger partial charge on any atom is 0.303 e. The second-order valence-electron chi connectivity index (χ2n) is 17.5. The van der Waals surface area contributed by atoms with E-state index < -0.39 is 11.9 Å². The zero-order valence-corrected chi connectivity index (χ0v) is 38.4. The van der Waals surface area contributed by atoms with E-state index in [1.165, 1.54) is 257 Å². The zero-order chi connectivity index (χ0) is 41.1. The summed E-state index contributed by atoms with van der Waals surface area (Å²) in [6.45, 7) is 4.57. The van der Waals surface area contributed by atoms with Crippen molar-refractivity contribution in [3.63, 3.8) is 0 Å². The lowest BCUT2D eigenvalue weighted by Crippen LogP contribution is -1.93. The van der Waals surface area contributed by atoms with Crippen LogP contribution in [0.1, 0.15) is 309 Å². The minimum Gasteiger partial charge on any atom is -0.481 e. The first-order chi connectivity index (χ1) is 27.5. The first-order valence-electron chi connectivity index (χ1n) is 25.6. The summed E-state index contributed by atoms with van der Waals surface area (Å²) in [5.41, 5.74) is 0. The predicted octanol–water partition coefficient (Wildman–Crippen LogP) is 18.7. The SMILES string of the molecule is CCCCCCCC/C=C\CCCCCCCCCCCC(=O)O.CCCCCCCCCCCCCCCCCCCCCCCCCCCCCC(=O)O. The molecule has 0 aromatic carbocycles. The smallest absolute Gasteiger partial charge is 0.303 e. The molecule has 0 radical (unpaired) electrons. The van der Waals surface area contributed by atoms with Crippen LogP contribution in [0.3, 0.4) is 0 Å². The molecule has 0 amide bonds. The molecule has 0 aliphatic rings. The second-order valence-corrected chi connectivity index (χ2v) is 17.5. The van der Waals surface area contributed by atoms with Gasteiger partial charge in [-0.2, -0.15) is 0 Å². The van der Waals surface area contributed by atoms with E-state index in [1.54, 1.807) is 0 Å². The molecule has 0 saturated carbocycles. The molecule has 334 valence electrons. The van der Waals surface area contributed by atoms with Crippen LogP contribution < -0.4 is 0 Å². The van der Waals surface area contributed by atoms with Crippen molar-refractivity contribution in [3.05, 3.63) is 12.2 Å². The summed E-state index contributed by atoms with van der Waals surface area (Å²) < 4.78 is 0. The molecule has 0 aliphatic heterocycles. The monoisotopic (exact) mass is 791 g/mol. The minimum atomic E-state index is -0.656. The molecule has 0 rings (SSSR count). The molecular formula is C52H102O4. The van der Waals surface area contributed by atoms with Gasteiger partial charge in [-0.3, -0.25) is 9.59 Å². The normalized spacial score (nSPS) is 11.3. The van der Waals surface area contributed by atoms with Crippen LogP contribution in [0.5, 0.6) is 0 Å². The Kier molecular flexibility index (Phi) is 54.4. The lowest BCUT2D eigenvalue weighted by Gasteiger charge is -2.04. The van der Waals surface area contributed by atoms with E-state index in [0.717, 1.165) is 25.7 Å². The number of unbranched alkanes of at least 4 members (excludes halogenated alkanes) is 41. The molecule has 0 aromatic rings. The molecule has 0 aliphatic carbocycles. The van der Waals surface area contributed by atoms with Crippen molar-refractivity contribution < 1.29 is 19.8 Å². The quantitative estimate of drug-likeness (QED) is 0.0476. The van der Waals surface area contributed by atoms with Gasteiger partial charge in [0.1, 0.15) is 0 Å². The molecule has 0 spiro atoms. The molecule has 4 heteroatoms. The molecule has 2 N–H and O–H groups in total. The van der Waals surface area contributed by atoms with Gasteiger partial charge in [0.15, 0.2) is 0 Å². The molecule has 0 unspecified atom stereocenters. The van der Waals surface area contributed by atoms with Gasteiger partial charge in [-0.1, -0.05) is 270 Å². The first kappa shape index (κ1) is 56.8. The number of carboxylic acid groups (broad SMARTS) is 2. The largest absolute Gasteiger partial charge is 0.481 e. The van der Waals surface area contributed by atoms with E-state index in [4.69, 9.17) is 10.2 Å². The Balaban J connectivity index is 0. The standard InChI is InChI=1S/C30H60O2.C22H42O2/c1-2-3-4-5-6-7-8-9-10-11-12-13-14-15-16-17-18-19-20-21-22-23-24-25-26-27-28-29-30(31)32;1-2-3-4-5-6-7-8-9-10-11-12-13-14-15-16-17-18-19-20-21-22(23)24/h2-29H2,1H3,(H,31,32);9-10H,2-8,11-21H2,1H3,(H,23,24)/b;10-9-. The van der Waals surface area contributed by atoms with Crippen LogP contribution in [-0.2, 0) is 9.59 Å². The molecule has 0 saturated heterocycles. The number of hydrogen-bond acceptors (Lipinski definition) is 2. The summed E-state index contributed by atoms with van der Waals surface area (Å²) in [6, 6.07) is 0. The van der Waals surface area contributed by atoms with Crippen LogP contribution >= 0.6 is 0 Å². The number of hydrogen-bond donors (Lipinski definition) is 2. The number of allylic oxidation sites excluding steroid dienone is 2. The molecule has 0 aromatic heterocycles. The van der Waals surface area contributed by atoms with E-state index in [0.29, 0.717) is 12.8 Å². The number of rotatable bonds is 47. The second kappa shape index (κ2) is 53.7. The average Bonchev–Trinajstić information content (AvgIpc) is 3.18.